The van der Waals surface area contributed by atoms with Crippen LogP contribution in [0.5, 0.6) is 0 Å². The maximum Gasteiger partial charge on any atom is 0.0694 e. The zero-order valence-electron chi connectivity index (χ0n) is 5.27. The molecule has 0 fully saturated rings. The van der Waals surface area contributed by atoms with E-state index in [4.69, 9.17) is 0 Å². The van der Waals surface area contributed by atoms with Crippen molar-refractivity contribution in [1.82, 2.24) is 0 Å². The van der Waals surface area contributed by atoms with Gasteiger partial charge in [-0.25, -0.2) is 0 Å². The van der Waals surface area contributed by atoms with Crippen LogP contribution >= 0.6 is 45.7 Å². The Morgan fingerprint density at radius 3 is 2.56 bits per heavy atom. The van der Waals surface area contributed by atoms with Crippen LogP contribution in [0.25, 0.3) is 0 Å². The van der Waals surface area contributed by atoms with Crippen molar-refractivity contribution >= 4 is 45.7 Å². The summed E-state index contributed by atoms with van der Waals surface area (Å²) >= 11 is 6.06. The van der Waals surface area contributed by atoms with E-state index in [1.54, 1.807) is 0 Å². The van der Waals surface area contributed by atoms with E-state index < -0.39 is 0 Å². The molecule has 0 nitrogen and oxygen atoms in total. The highest BCUT2D eigenvalue weighted by Crippen LogP contribution is 2.29. The molecule has 1 rings (SSSR count). The summed E-state index contributed by atoms with van der Waals surface area (Å²) in [6.45, 7) is 2.15. The van der Waals surface area contributed by atoms with Gasteiger partial charge in [-0.15, -0.1) is 23.1 Å². The third-order valence-corrected chi connectivity index (χ3v) is 4.64. The molecule has 0 aliphatic carbocycles. The molecule has 0 atom stereocenters. The van der Waals surface area contributed by atoms with Gasteiger partial charge in [-0.1, -0.05) is 0 Å². The molecule has 9 heavy (non-hydrogen) atoms. The van der Waals surface area contributed by atoms with E-state index in [0.29, 0.717) is 0 Å². The van der Waals surface area contributed by atoms with E-state index in [2.05, 4.69) is 41.8 Å². The Kier molecular flexibility index (Phi) is 2.85. The largest absolute Gasteiger partial charge is 0.123 e. The van der Waals surface area contributed by atoms with Gasteiger partial charge in [0.1, 0.15) is 0 Å². The number of hydrogen-bond donors (Lipinski definition) is 0. The van der Waals surface area contributed by atoms with Crippen LogP contribution in [0.3, 0.4) is 0 Å². The van der Waals surface area contributed by atoms with E-state index in [9.17, 15) is 0 Å². The Labute approximate surface area is 77.2 Å². The molecule has 0 spiro atoms. The van der Waals surface area contributed by atoms with Gasteiger partial charge in [0.2, 0.25) is 0 Å². The molecule has 0 aromatic carbocycles. The van der Waals surface area contributed by atoms with Gasteiger partial charge in [-0.2, -0.15) is 0 Å². The maximum absolute atomic E-state index is 2.37. The van der Waals surface area contributed by atoms with Crippen LogP contribution in [0.1, 0.15) is 5.56 Å². The third-order valence-electron chi connectivity index (χ3n) is 1.04. The summed E-state index contributed by atoms with van der Waals surface area (Å²) in [5, 5.41) is 0. The van der Waals surface area contributed by atoms with Crippen molar-refractivity contribution in [2.75, 3.05) is 6.26 Å². The molecule has 0 N–H and O–H groups in total. The molecular formula is C6H7IS2. The Morgan fingerprint density at radius 1 is 1.67 bits per heavy atom. The van der Waals surface area contributed by atoms with Crippen molar-refractivity contribution in [1.29, 1.82) is 0 Å². The molecule has 0 unspecified atom stereocenters. The predicted octanol–water partition coefficient (Wildman–Crippen LogP) is 3.38. The first kappa shape index (κ1) is 7.88. The second-order valence-electron chi connectivity index (χ2n) is 1.73. The molecule has 0 aliphatic heterocycles. The minimum absolute atomic E-state index is 1.41. The summed E-state index contributed by atoms with van der Waals surface area (Å²) in [6.07, 6.45) is 2.11. The second-order valence-corrected chi connectivity index (χ2v) is 5.70. The number of hydrogen-bond acceptors (Lipinski definition) is 2. The SMILES string of the molecule is CSc1cc(C)c(I)s1. The van der Waals surface area contributed by atoms with Gasteiger partial charge in [-0.3, -0.25) is 0 Å². The van der Waals surface area contributed by atoms with Crippen molar-refractivity contribution in [3.63, 3.8) is 0 Å². The van der Waals surface area contributed by atoms with Crippen LogP contribution in [0.2, 0.25) is 0 Å². The first-order valence-electron chi connectivity index (χ1n) is 2.54. The van der Waals surface area contributed by atoms with Crippen LogP contribution < -0.4 is 0 Å². The molecule has 1 aromatic rings. The van der Waals surface area contributed by atoms with Crippen molar-refractivity contribution < 1.29 is 0 Å². The lowest BCUT2D eigenvalue weighted by atomic mass is 10.4. The van der Waals surface area contributed by atoms with Crippen molar-refractivity contribution in [2.24, 2.45) is 0 Å². The van der Waals surface area contributed by atoms with E-state index in [1.807, 2.05) is 23.1 Å². The Hall–Kier alpha value is 0.780. The molecule has 0 saturated carbocycles. The summed E-state index contributed by atoms with van der Waals surface area (Å²) in [7, 11) is 0. The number of thiophene rings is 1. The molecule has 0 radical (unpaired) electrons. The molecule has 0 bridgehead atoms. The summed E-state index contributed by atoms with van der Waals surface area (Å²) in [5.41, 5.74) is 1.41. The predicted molar refractivity (Wildman–Crippen MR) is 53.6 cm³/mol. The van der Waals surface area contributed by atoms with Gasteiger partial charge in [0.25, 0.3) is 0 Å². The molecule has 0 amide bonds. The molecule has 1 aromatic heterocycles. The Bertz CT molecular complexity index is 185. The molecule has 0 aliphatic rings. The number of rotatable bonds is 1. The summed E-state index contributed by atoms with van der Waals surface area (Å²) in [5.74, 6) is 0. The van der Waals surface area contributed by atoms with Gasteiger partial charge in [0, 0.05) is 0 Å². The molecule has 1 heterocycles. The lowest BCUT2D eigenvalue weighted by Crippen LogP contribution is -1.60. The average Bonchev–Trinajstić information content (AvgIpc) is 2.13. The topological polar surface area (TPSA) is 0 Å². The standard InChI is InChI=1S/C6H7IS2/c1-4-3-5(8-2)9-6(4)7/h3H,1-2H3. The van der Waals surface area contributed by atoms with Gasteiger partial charge < -0.3 is 0 Å². The zero-order chi connectivity index (χ0) is 6.85. The fourth-order valence-electron chi connectivity index (χ4n) is 0.532. The van der Waals surface area contributed by atoms with Crippen LogP contribution in [-0.4, -0.2) is 6.26 Å². The number of aryl methyl sites for hydroxylation is 1. The number of halogens is 1. The lowest BCUT2D eigenvalue weighted by Gasteiger charge is -1.79. The minimum atomic E-state index is 1.41. The summed E-state index contributed by atoms with van der Waals surface area (Å²) in [6, 6.07) is 2.23. The van der Waals surface area contributed by atoms with Crippen molar-refractivity contribution in [2.45, 2.75) is 11.1 Å². The number of thioether (sulfide) groups is 1. The highest BCUT2D eigenvalue weighted by molar-refractivity contribution is 14.1. The lowest BCUT2D eigenvalue weighted by molar-refractivity contribution is 1.49. The van der Waals surface area contributed by atoms with Crippen LogP contribution in [0.15, 0.2) is 10.3 Å². The minimum Gasteiger partial charge on any atom is -0.123 e. The van der Waals surface area contributed by atoms with Crippen molar-refractivity contribution in [3.05, 3.63) is 14.5 Å². The van der Waals surface area contributed by atoms with Gasteiger partial charge in [0.15, 0.2) is 0 Å². The van der Waals surface area contributed by atoms with Crippen LogP contribution in [0.4, 0.5) is 0 Å². The van der Waals surface area contributed by atoms with E-state index in [1.165, 1.54) is 12.7 Å². The fraction of sp³-hybridized carbons (Fsp3) is 0.333. The normalized spacial score (nSPS) is 10.1. The fourth-order valence-corrected chi connectivity index (χ4v) is 3.36. The smallest absolute Gasteiger partial charge is 0.0694 e. The third kappa shape index (κ3) is 1.85. The Morgan fingerprint density at radius 2 is 2.33 bits per heavy atom. The monoisotopic (exact) mass is 270 g/mol. The quantitative estimate of drug-likeness (QED) is 0.557. The highest BCUT2D eigenvalue weighted by Gasteiger charge is 1.99. The van der Waals surface area contributed by atoms with Crippen molar-refractivity contribution in [3.8, 4) is 0 Å². The average molecular weight is 270 g/mol. The van der Waals surface area contributed by atoms with Gasteiger partial charge in [0.05, 0.1) is 7.09 Å². The summed E-state index contributed by atoms with van der Waals surface area (Å²) < 4.78 is 2.83. The van der Waals surface area contributed by atoms with E-state index in [-0.39, 0.29) is 0 Å². The second kappa shape index (κ2) is 3.25. The molecule has 0 saturated heterocycles. The Balaban J connectivity index is 2.98. The van der Waals surface area contributed by atoms with Gasteiger partial charge >= 0.3 is 0 Å². The van der Waals surface area contributed by atoms with E-state index in [0.717, 1.165) is 0 Å². The molecule has 3 heteroatoms. The molecular weight excluding hydrogens is 263 g/mol. The maximum atomic E-state index is 2.37. The zero-order valence-corrected chi connectivity index (χ0v) is 9.06. The first-order valence-corrected chi connectivity index (χ1v) is 5.66. The van der Waals surface area contributed by atoms with E-state index >= 15 is 0 Å². The first-order chi connectivity index (χ1) is 4.24. The molecule has 50 valence electrons. The van der Waals surface area contributed by atoms with Gasteiger partial charge in [-0.05, 0) is 47.4 Å². The highest BCUT2D eigenvalue weighted by atomic mass is 127. The van der Waals surface area contributed by atoms with Crippen LogP contribution in [0, 0.1) is 9.81 Å². The van der Waals surface area contributed by atoms with Crippen LogP contribution in [-0.2, 0) is 0 Å². The summed E-state index contributed by atoms with van der Waals surface area (Å²) in [4.78, 5) is 0.